The van der Waals surface area contributed by atoms with Gasteiger partial charge < -0.3 is 15.0 Å². The minimum atomic E-state index is -0.437. The van der Waals surface area contributed by atoms with Crippen LogP contribution in [0.1, 0.15) is 31.1 Å². The van der Waals surface area contributed by atoms with E-state index >= 15 is 0 Å². The third-order valence-electron chi connectivity index (χ3n) is 4.15. The highest BCUT2D eigenvalue weighted by Crippen LogP contribution is 2.30. The van der Waals surface area contributed by atoms with Crippen molar-refractivity contribution in [2.45, 2.75) is 20.8 Å². The number of nitrogens with zero attached hydrogens (tertiary/aromatic N) is 2. The highest BCUT2D eigenvalue weighted by molar-refractivity contribution is 6.08. The van der Waals surface area contributed by atoms with Crippen molar-refractivity contribution in [1.82, 2.24) is 15.0 Å². The number of benzene rings is 1. The lowest BCUT2D eigenvalue weighted by Gasteiger charge is -2.09. The molecule has 7 nitrogen and oxygen atoms in total. The summed E-state index contributed by atoms with van der Waals surface area (Å²) >= 11 is 0. The van der Waals surface area contributed by atoms with Gasteiger partial charge in [-0.05, 0) is 32.9 Å². The van der Waals surface area contributed by atoms with Gasteiger partial charge in [0.15, 0.2) is 0 Å². The Hall–Kier alpha value is -3.48. The summed E-state index contributed by atoms with van der Waals surface area (Å²) in [6, 6.07) is 7.29. The van der Waals surface area contributed by atoms with Gasteiger partial charge in [0.2, 0.25) is 0 Å². The number of aromatic amines is 1. The second-order valence-electron chi connectivity index (χ2n) is 5.88. The van der Waals surface area contributed by atoms with Crippen molar-refractivity contribution in [3.8, 4) is 11.3 Å². The summed E-state index contributed by atoms with van der Waals surface area (Å²) < 4.78 is 5.12. The Balaban J connectivity index is 2.05. The van der Waals surface area contributed by atoms with Gasteiger partial charge in [-0.1, -0.05) is 18.2 Å². The van der Waals surface area contributed by atoms with E-state index in [-0.39, 0.29) is 12.5 Å². The molecule has 7 heteroatoms. The molecule has 0 aliphatic heterocycles. The van der Waals surface area contributed by atoms with Crippen molar-refractivity contribution in [2.24, 2.45) is 0 Å². The molecule has 0 unspecified atom stereocenters. The molecule has 0 aliphatic carbocycles. The zero-order valence-corrected chi connectivity index (χ0v) is 15.4. The number of nitrogens with one attached hydrogen (secondary N) is 2. The monoisotopic (exact) mass is 364 g/mol. The number of carbonyl (C=O) groups is 2. The number of esters is 1. The van der Waals surface area contributed by atoms with Crippen molar-refractivity contribution in [3.05, 3.63) is 54.0 Å². The molecule has 27 heavy (non-hydrogen) atoms. The first-order valence-electron chi connectivity index (χ1n) is 8.59. The predicted octanol–water partition coefficient (Wildman–Crippen LogP) is 3.71. The van der Waals surface area contributed by atoms with E-state index < -0.39 is 5.97 Å². The number of fused-ring (bicyclic) bond motifs is 1. The second kappa shape index (κ2) is 7.82. The van der Waals surface area contributed by atoms with Gasteiger partial charge in [-0.25, -0.2) is 14.8 Å². The molecule has 0 bridgehead atoms. The molecule has 0 saturated heterocycles. The third kappa shape index (κ3) is 3.72. The van der Waals surface area contributed by atoms with Crippen molar-refractivity contribution < 1.29 is 14.3 Å². The minimum Gasteiger partial charge on any atom is -0.462 e. The Kier molecular flexibility index (Phi) is 5.30. The number of anilines is 1. The summed E-state index contributed by atoms with van der Waals surface area (Å²) in [5.74, 6) is -0.607. The van der Waals surface area contributed by atoms with Crippen LogP contribution in [0.25, 0.3) is 22.3 Å². The number of ether oxygens (including phenoxy) is 1. The van der Waals surface area contributed by atoms with Crippen LogP contribution >= 0.6 is 0 Å². The molecule has 3 aromatic rings. The highest BCUT2D eigenvalue weighted by Gasteiger charge is 2.19. The SMILES string of the molecule is C/C=C(\C)C(=O)Nc1cccc(-c2ncnc3[nH]cc(C(=O)OCC)c23)c1. The van der Waals surface area contributed by atoms with Crippen LogP contribution in [-0.2, 0) is 9.53 Å². The first kappa shape index (κ1) is 18.3. The number of hydrogen-bond acceptors (Lipinski definition) is 5. The van der Waals surface area contributed by atoms with Gasteiger partial charge in [-0.3, -0.25) is 4.79 Å². The molecule has 3 rings (SSSR count). The summed E-state index contributed by atoms with van der Waals surface area (Å²) in [7, 11) is 0. The Morgan fingerprint density at radius 1 is 1.30 bits per heavy atom. The molecule has 2 heterocycles. The maximum absolute atomic E-state index is 12.3. The standard InChI is InChI=1S/C20H20N4O3/c1-4-12(3)19(25)24-14-8-6-7-13(9-14)17-16-15(20(26)27-5-2)10-21-18(16)23-11-22-17/h4,6-11H,5H2,1-3H3,(H,24,25)(H,21,22,23)/b12-4+. The predicted molar refractivity (Wildman–Crippen MR) is 103 cm³/mol. The lowest BCUT2D eigenvalue weighted by Crippen LogP contribution is -2.12. The lowest BCUT2D eigenvalue weighted by molar-refractivity contribution is -0.112. The summed E-state index contributed by atoms with van der Waals surface area (Å²) in [6.45, 7) is 5.59. The smallest absolute Gasteiger partial charge is 0.340 e. The first-order valence-corrected chi connectivity index (χ1v) is 8.59. The van der Waals surface area contributed by atoms with E-state index in [4.69, 9.17) is 4.74 Å². The molecule has 0 atom stereocenters. The molecule has 138 valence electrons. The van der Waals surface area contributed by atoms with Crippen LogP contribution in [0.15, 0.2) is 48.4 Å². The maximum Gasteiger partial charge on any atom is 0.340 e. The molecule has 2 aromatic heterocycles. The number of allylic oxidation sites excluding steroid dienone is 1. The van der Waals surface area contributed by atoms with Gasteiger partial charge in [0.05, 0.1) is 23.3 Å². The zero-order valence-electron chi connectivity index (χ0n) is 15.4. The molecular weight excluding hydrogens is 344 g/mol. The van der Waals surface area contributed by atoms with E-state index in [1.165, 1.54) is 6.33 Å². The molecule has 2 N–H and O–H groups in total. The van der Waals surface area contributed by atoms with Crippen molar-refractivity contribution >= 4 is 28.6 Å². The van der Waals surface area contributed by atoms with E-state index in [1.807, 2.05) is 25.1 Å². The fourth-order valence-corrected chi connectivity index (χ4v) is 2.66. The van der Waals surface area contributed by atoms with Crippen LogP contribution in [0.4, 0.5) is 5.69 Å². The van der Waals surface area contributed by atoms with Crippen LogP contribution < -0.4 is 5.32 Å². The van der Waals surface area contributed by atoms with Gasteiger partial charge in [-0.2, -0.15) is 0 Å². The van der Waals surface area contributed by atoms with Crippen LogP contribution in [-0.4, -0.2) is 33.4 Å². The topological polar surface area (TPSA) is 97.0 Å². The van der Waals surface area contributed by atoms with Gasteiger partial charge in [0.25, 0.3) is 5.91 Å². The first-order chi connectivity index (χ1) is 13.0. The molecule has 0 fully saturated rings. The Morgan fingerprint density at radius 2 is 2.11 bits per heavy atom. The molecule has 1 aromatic carbocycles. The quantitative estimate of drug-likeness (QED) is 0.531. The summed E-state index contributed by atoms with van der Waals surface area (Å²) in [5, 5.41) is 3.44. The minimum absolute atomic E-state index is 0.170. The van der Waals surface area contributed by atoms with Crippen LogP contribution in [0.2, 0.25) is 0 Å². The molecule has 0 saturated carbocycles. The summed E-state index contributed by atoms with van der Waals surface area (Å²) in [6.07, 6.45) is 4.75. The second-order valence-corrected chi connectivity index (χ2v) is 5.88. The van der Waals surface area contributed by atoms with Gasteiger partial charge in [0.1, 0.15) is 12.0 Å². The summed E-state index contributed by atoms with van der Waals surface area (Å²) in [5.41, 5.74) is 3.52. The number of aromatic nitrogens is 3. The van der Waals surface area contributed by atoms with E-state index in [1.54, 1.807) is 32.2 Å². The molecule has 0 spiro atoms. The van der Waals surface area contributed by atoms with E-state index in [0.29, 0.717) is 33.6 Å². The number of carbonyl (C=O) groups excluding carboxylic acids is 2. The van der Waals surface area contributed by atoms with Crippen molar-refractivity contribution in [3.63, 3.8) is 0 Å². The van der Waals surface area contributed by atoms with Crippen molar-refractivity contribution in [2.75, 3.05) is 11.9 Å². The fourth-order valence-electron chi connectivity index (χ4n) is 2.66. The number of hydrogen-bond donors (Lipinski definition) is 2. The third-order valence-corrected chi connectivity index (χ3v) is 4.15. The Bertz CT molecular complexity index is 1040. The highest BCUT2D eigenvalue weighted by atomic mass is 16.5. The average molecular weight is 364 g/mol. The average Bonchev–Trinajstić information content (AvgIpc) is 3.12. The Morgan fingerprint density at radius 3 is 2.85 bits per heavy atom. The lowest BCUT2D eigenvalue weighted by atomic mass is 10.1. The number of rotatable bonds is 5. The Labute approximate surface area is 156 Å². The summed E-state index contributed by atoms with van der Waals surface area (Å²) in [4.78, 5) is 35.9. The normalized spacial score (nSPS) is 11.4. The van der Waals surface area contributed by atoms with Crippen LogP contribution in [0, 0.1) is 0 Å². The van der Waals surface area contributed by atoms with E-state index in [2.05, 4.69) is 20.3 Å². The number of amides is 1. The van der Waals surface area contributed by atoms with Crippen LogP contribution in [0.5, 0.6) is 0 Å². The van der Waals surface area contributed by atoms with E-state index in [9.17, 15) is 9.59 Å². The molecule has 0 radical (unpaired) electrons. The van der Waals surface area contributed by atoms with Gasteiger partial charge in [0, 0.05) is 23.0 Å². The molecule has 0 aliphatic rings. The number of H-pyrrole nitrogens is 1. The maximum atomic E-state index is 12.3. The van der Waals surface area contributed by atoms with E-state index in [0.717, 1.165) is 5.56 Å². The van der Waals surface area contributed by atoms with Crippen molar-refractivity contribution in [1.29, 1.82) is 0 Å². The molecular formula is C20H20N4O3. The van der Waals surface area contributed by atoms with Gasteiger partial charge in [-0.15, -0.1) is 0 Å². The largest absolute Gasteiger partial charge is 0.462 e. The van der Waals surface area contributed by atoms with Gasteiger partial charge >= 0.3 is 5.97 Å². The zero-order chi connectivity index (χ0) is 19.4. The molecule has 1 amide bonds. The fraction of sp³-hybridized carbons (Fsp3) is 0.200. The van der Waals surface area contributed by atoms with Crippen LogP contribution in [0.3, 0.4) is 0 Å².